The van der Waals surface area contributed by atoms with Crippen molar-refractivity contribution in [1.82, 2.24) is 15.6 Å². The minimum atomic E-state index is -2.94. The highest BCUT2D eigenvalue weighted by molar-refractivity contribution is 14.0. The first-order chi connectivity index (χ1) is 15.1. The van der Waals surface area contributed by atoms with Crippen molar-refractivity contribution >= 4 is 41.3 Å². The topological polar surface area (TPSA) is 77.0 Å². The van der Waals surface area contributed by atoms with Gasteiger partial charge in [0.05, 0.1) is 12.2 Å². The zero-order valence-electron chi connectivity index (χ0n) is 17.0. The van der Waals surface area contributed by atoms with Gasteiger partial charge in [0.15, 0.2) is 17.5 Å². The fourth-order valence-corrected chi connectivity index (χ4v) is 3.74. The number of benzene rings is 2. The Morgan fingerprint density at radius 3 is 2.59 bits per heavy atom. The summed E-state index contributed by atoms with van der Waals surface area (Å²) in [5.41, 5.74) is 2.47. The predicted molar refractivity (Wildman–Crippen MR) is 129 cm³/mol. The number of ether oxygens (including phenoxy) is 3. The van der Waals surface area contributed by atoms with Gasteiger partial charge in [-0.1, -0.05) is 30.3 Å². The molecule has 2 heterocycles. The van der Waals surface area contributed by atoms with Gasteiger partial charge in [0.2, 0.25) is 6.79 Å². The lowest BCUT2D eigenvalue weighted by Crippen LogP contribution is -2.36. The van der Waals surface area contributed by atoms with E-state index < -0.39 is 6.61 Å². The van der Waals surface area contributed by atoms with E-state index in [4.69, 9.17) is 9.47 Å². The molecule has 2 N–H and O–H groups in total. The lowest BCUT2D eigenvalue weighted by atomic mass is 10.1. The second-order valence-electron chi connectivity index (χ2n) is 6.46. The molecule has 2 aromatic carbocycles. The monoisotopic (exact) mass is 574 g/mol. The van der Waals surface area contributed by atoms with E-state index in [9.17, 15) is 8.78 Å². The van der Waals surface area contributed by atoms with Crippen LogP contribution in [0.5, 0.6) is 17.2 Å². The van der Waals surface area contributed by atoms with Crippen LogP contribution in [-0.4, -0.2) is 31.4 Å². The third-order valence-electron chi connectivity index (χ3n) is 4.47. The molecule has 1 aliphatic heterocycles. The Bertz CT molecular complexity index is 1070. The van der Waals surface area contributed by atoms with Crippen LogP contribution in [0.2, 0.25) is 0 Å². The van der Waals surface area contributed by atoms with Crippen LogP contribution in [0.1, 0.15) is 10.6 Å². The summed E-state index contributed by atoms with van der Waals surface area (Å²) in [5.74, 6) is 1.38. The van der Waals surface area contributed by atoms with Crippen LogP contribution in [-0.2, 0) is 13.1 Å². The summed E-state index contributed by atoms with van der Waals surface area (Å²) in [6.07, 6.45) is 0. The maximum Gasteiger partial charge on any atom is 0.387 e. The Labute approximate surface area is 204 Å². The van der Waals surface area contributed by atoms with Crippen LogP contribution < -0.4 is 24.8 Å². The van der Waals surface area contributed by atoms with E-state index in [0.717, 1.165) is 16.3 Å². The molecule has 0 fully saturated rings. The third kappa shape index (κ3) is 5.97. The molecular formula is C21H21F2IN4O3S. The van der Waals surface area contributed by atoms with E-state index in [2.05, 4.69) is 25.3 Å². The number of halogens is 3. The molecule has 1 aromatic heterocycles. The van der Waals surface area contributed by atoms with E-state index in [1.54, 1.807) is 24.5 Å². The number of nitrogens with zero attached hydrogens (tertiary/aromatic N) is 2. The van der Waals surface area contributed by atoms with Crippen LogP contribution in [0.25, 0.3) is 11.3 Å². The number of hydrogen-bond acceptors (Lipinski definition) is 6. The third-order valence-corrected chi connectivity index (χ3v) is 5.32. The number of guanidine groups is 1. The highest BCUT2D eigenvalue weighted by Gasteiger charge is 2.20. The summed E-state index contributed by atoms with van der Waals surface area (Å²) < 4.78 is 40.8. The molecule has 0 saturated heterocycles. The van der Waals surface area contributed by atoms with Gasteiger partial charge in [-0.25, -0.2) is 4.98 Å². The number of nitrogens with one attached hydrogen (secondary N) is 2. The second-order valence-corrected chi connectivity index (χ2v) is 7.41. The van der Waals surface area contributed by atoms with Crippen molar-refractivity contribution in [3.05, 3.63) is 58.4 Å². The first-order valence-electron chi connectivity index (χ1n) is 9.44. The van der Waals surface area contributed by atoms with Crippen LogP contribution in [0.3, 0.4) is 0 Å². The summed E-state index contributed by atoms with van der Waals surface area (Å²) in [7, 11) is 1.63. The summed E-state index contributed by atoms with van der Waals surface area (Å²) in [5, 5.41) is 9.17. The van der Waals surface area contributed by atoms with Gasteiger partial charge in [-0.15, -0.1) is 35.3 Å². The molecule has 0 unspecified atom stereocenters. The molecule has 0 saturated carbocycles. The zero-order valence-corrected chi connectivity index (χ0v) is 20.2. The Morgan fingerprint density at radius 1 is 1.16 bits per heavy atom. The van der Waals surface area contributed by atoms with Gasteiger partial charge in [-0.3, -0.25) is 4.99 Å². The van der Waals surface area contributed by atoms with Crippen molar-refractivity contribution in [2.24, 2.45) is 4.99 Å². The molecule has 1 aliphatic rings. The maximum absolute atomic E-state index is 12.8. The van der Waals surface area contributed by atoms with Crippen molar-refractivity contribution in [3.63, 3.8) is 0 Å². The molecule has 7 nitrogen and oxygen atoms in total. The molecule has 32 heavy (non-hydrogen) atoms. The van der Waals surface area contributed by atoms with Gasteiger partial charge in [-0.05, 0) is 6.07 Å². The molecule has 0 bridgehead atoms. The van der Waals surface area contributed by atoms with Gasteiger partial charge in [0, 0.05) is 36.2 Å². The number of hydrogen-bond donors (Lipinski definition) is 2. The average Bonchev–Trinajstić information content (AvgIpc) is 3.43. The first kappa shape index (κ1) is 24.0. The maximum atomic E-state index is 12.8. The Morgan fingerprint density at radius 2 is 1.88 bits per heavy atom. The highest BCUT2D eigenvalue weighted by atomic mass is 127. The lowest BCUT2D eigenvalue weighted by molar-refractivity contribution is -0.0505. The molecule has 0 aliphatic carbocycles. The molecule has 0 radical (unpaired) electrons. The Hall–Kier alpha value is -2.67. The second kappa shape index (κ2) is 11.3. The van der Waals surface area contributed by atoms with Crippen molar-refractivity contribution in [2.75, 3.05) is 13.8 Å². The van der Waals surface area contributed by atoms with Crippen LogP contribution in [0.15, 0.2) is 52.8 Å². The summed E-state index contributed by atoms with van der Waals surface area (Å²) >= 11 is 1.54. The average molecular weight is 574 g/mol. The smallest absolute Gasteiger partial charge is 0.387 e. The van der Waals surface area contributed by atoms with Crippen molar-refractivity contribution in [3.8, 4) is 28.5 Å². The fraction of sp³-hybridized carbons (Fsp3) is 0.238. The SMILES string of the molecule is CN=C(NCc1nc(-c2ccccc2)cs1)NCc1cc2c(cc1OC(F)F)OCO2.I. The van der Waals surface area contributed by atoms with Crippen LogP contribution >= 0.6 is 35.3 Å². The normalized spacial score (nSPS) is 12.4. The summed E-state index contributed by atoms with van der Waals surface area (Å²) in [6.45, 7) is -2.23. The van der Waals surface area contributed by atoms with Crippen LogP contribution in [0, 0.1) is 0 Å². The molecule has 0 atom stereocenters. The number of thiazole rings is 1. The van der Waals surface area contributed by atoms with Gasteiger partial charge in [-0.2, -0.15) is 8.78 Å². The number of rotatable bonds is 7. The molecule has 4 rings (SSSR count). The molecule has 170 valence electrons. The van der Waals surface area contributed by atoms with Gasteiger partial charge >= 0.3 is 6.61 Å². The van der Waals surface area contributed by atoms with Crippen molar-refractivity contribution in [1.29, 1.82) is 0 Å². The number of aromatic nitrogens is 1. The molecule has 3 aromatic rings. The van der Waals surface area contributed by atoms with E-state index in [1.807, 2.05) is 35.7 Å². The Kier molecular flexibility index (Phi) is 8.45. The minimum Gasteiger partial charge on any atom is -0.454 e. The Balaban J connectivity index is 0.00000289. The molecule has 0 spiro atoms. The van der Waals surface area contributed by atoms with Gasteiger partial charge in [0.25, 0.3) is 0 Å². The van der Waals surface area contributed by atoms with E-state index >= 15 is 0 Å². The standard InChI is InChI=1S/C21H20F2N4O3S.HI/c1-24-21(26-10-19-27-15(11-31-19)13-5-3-2-4-6-13)25-9-14-7-17-18(29-12-28-17)8-16(14)30-20(22)23;/h2-8,11,20H,9-10,12H2,1H3,(H2,24,25,26);1H. The lowest BCUT2D eigenvalue weighted by Gasteiger charge is -2.15. The largest absolute Gasteiger partial charge is 0.454 e. The number of fused-ring (bicyclic) bond motifs is 1. The summed E-state index contributed by atoms with van der Waals surface area (Å²) in [4.78, 5) is 8.80. The summed E-state index contributed by atoms with van der Waals surface area (Å²) in [6, 6.07) is 13.0. The van der Waals surface area contributed by atoms with E-state index in [1.165, 1.54) is 6.07 Å². The van der Waals surface area contributed by atoms with Gasteiger partial charge < -0.3 is 24.8 Å². The number of alkyl halides is 2. The zero-order chi connectivity index (χ0) is 21.6. The molecule has 11 heteroatoms. The molecular weight excluding hydrogens is 553 g/mol. The number of aliphatic imine (C=N–C) groups is 1. The quantitative estimate of drug-likeness (QED) is 0.244. The van der Waals surface area contributed by atoms with E-state index in [0.29, 0.717) is 29.6 Å². The predicted octanol–water partition coefficient (Wildman–Crippen LogP) is 4.62. The minimum absolute atomic E-state index is 0. The highest BCUT2D eigenvalue weighted by Crippen LogP contribution is 2.38. The molecule has 0 amide bonds. The fourth-order valence-electron chi connectivity index (χ4n) is 3.00. The van der Waals surface area contributed by atoms with E-state index in [-0.39, 0.29) is 43.1 Å². The first-order valence-corrected chi connectivity index (χ1v) is 10.3. The van der Waals surface area contributed by atoms with Crippen LogP contribution in [0.4, 0.5) is 8.78 Å². The van der Waals surface area contributed by atoms with Gasteiger partial charge in [0.1, 0.15) is 10.8 Å². The van der Waals surface area contributed by atoms with Crippen molar-refractivity contribution in [2.45, 2.75) is 19.7 Å². The van der Waals surface area contributed by atoms with Crippen molar-refractivity contribution < 1.29 is 23.0 Å².